The van der Waals surface area contributed by atoms with Gasteiger partial charge in [-0.05, 0) is 36.4 Å². The van der Waals surface area contributed by atoms with E-state index in [-0.39, 0.29) is 24.3 Å². The number of para-hydroxylation sites is 1. The number of carbonyl (C=O) groups is 2. The molecule has 0 aliphatic carbocycles. The van der Waals surface area contributed by atoms with E-state index in [1.54, 1.807) is 30.3 Å². The van der Waals surface area contributed by atoms with E-state index in [9.17, 15) is 22.8 Å². The SMILES string of the molecule is O=C(Nc1ccccc1Cl)c1ccc(N2CCN(C(=O)c3ccccc3C(F)(F)F)CC2)nn1. The second-order valence-electron chi connectivity index (χ2n) is 7.53. The fourth-order valence-electron chi connectivity index (χ4n) is 3.59. The van der Waals surface area contributed by atoms with E-state index in [2.05, 4.69) is 15.5 Å². The molecule has 1 saturated heterocycles. The molecule has 0 bridgehead atoms. The average molecular weight is 490 g/mol. The third kappa shape index (κ3) is 5.12. The van der Waals surface area contributed by atoms with Crippen LogP contribution in [0.4, 0.5) is 24.7 Å². The minimum absolute atomic E-state index is 0.0984. The Morgan fingerprint density at radius 1 is 0.882 bits per heavy atom. The van der Waals surface area contributed by atoms with Crippen molar-refractivity contribution in [2.45, 2.75) is 6.18 Å². The van der Waals surface area contributed by atoms with Gasteiger partial charge in [-0.25, -0.2) is 0 Å². The minimum Gasteiger partial charge on any atom is -0.352 e. The Morgan fingerprint density at radius 2 is 1.56 bits per heavy atom. The van der Waals surface area contributed by atoms with Crippen LogP contribution in [0.25, 0.3) is 0 Å². The summed E-state index contributed by atoms with van der Waals surface area (Å²) in [6.07, 6.45) is -4.61. The number of halogens is 4. The number of alkyl halides is 3. The summed E-state index contributed by atoms with van der Waals surface area (Å²) in [5, 5.41) is 11.1. The molecule has 11 heteroatoms. The van der Waals surface area contributed by atoms with Crippen molar-refractivity contribution in [3.05, 3.63) is 82.5 Å². The molecule has 0 radical (unpaired) electrons. The fourth-order valence-corrected chi connectivity index (χ4v) is 3.77. The zero-order valence-corrected chi connectivity index (χ0v) is 18.5. The quantitative estimate of drug-likeness (QED) is 0.589. The van der Waals surface area contributed by atoms with Gasteiger partial charge in [-0.2, -0.15) is 13.2 Å². The van der Waals surface area contributed by atoms with Crippen molar-refractivity contribution in [3.63, 3.8) is 0 Å². The number of piperazine rings is 1. The van der Waals surface area contributed by atoms with Gasteiger partial charge in [0.1, 0.15) is 0 Å². The van der Waals surface area contributed by atoms with Gasteiger partial charge in [0, 0.05) is 26.2 Å². The van der Waals surface area contributed by atoms with Gasteiger partial charge in [0.25, 0.3) is 11.8 Å². The van der Waals surface area contributed by atoms with Crippen LogP contribution >= 0.6 is 11.6 Å². The Balaban J connectivity index is 1.38. The predicted molar refractivity (Wildman–Crippen MR) is 121 cm³/mol. The van der Waals surface area contributed by atoms with Gasteiger partial charge in [0.2, 0.25) is 0 Å². The summed E-state index contributed by atoms with van der Waals surface area (Å²) in [6.45, 7) is 1.17. The summed E-state index contributed by atoms with van der Waals surface area (Å²) in [5.74, 6) is -0.631. The number of rotatable bonds is 4. The molecule has 4 rings (SSSR count). The lowest BCUT2D eigenvalue weighted by molar-refractivity contribution is -0.138. The van der Waals surface area contributed by atoms with Crippen molar-refractivity contribution in [1.29, 1.82) is 0 Å². The third-order valence-electron chi connectivity index (χ3n) is 5.36. The van der Waals surface area contributed by atoms with Gasteiger partial charge in [-0.15, -0.1) is 10.2 Å². The normalized spacial score (nSPS) is 14.1. The Kier molecular flexibility index (Phi) is 6.69. The van der Waals surface area contributed by atoms with E-state index in [4.69, 9.17) is 11.6 Å². The lowest BCUT2D eigenvalue weighted by Gasteiger charge is -2.35. The molecular weight excluding hydrogens is 471 g/mol. The number of hydrogen-bond acceptors (Lipinski definition) is 5. The highest BCUT2D eigenvalue weighted by Crippen LogP contribution is 2.32. The van der Waals surface area contributed by atoms with Crippen LogP contribution in [0.5, 0.6) is 0 Å². The molecule has 1 N–H and O–H groups in total. The molecule has 34 heavy (non-hydrogen) atoms. The number of nitrogens with one attached hydrogen (secondary N) is 1. The molecule has 1 aliphatic rings. The zero-order valence-electron chi connectivity index (χ0n) is 17.7. The van der Waals surface area contributed by atoms with E-state index >= 15 is 0 Å². The van der Waals surface area contributed by atoms with Crippen LogP contribution in [-0.4, -0.2) is 53.1 Å². The van der Waals surface area contributed by atoms with E-state index < -0.39 is 23.6 Å². The molecule has 0 spiro atoms. The highest BCUT2D eigenvalue weighted by atomic mass is 35.5. The summed E-state index contributed by atoms with van der Waals surface area (Å²) >= 11 is 6.05. The number of carbonyl (C=O) groups excluding carboxylic acids is 2. The first kappa shape index (κ1) is 23.5. The Labute approximate surface area is 198 Å². The van der Waals surface area contributed by atoms with Crippen LogP contribution in [0.1, 0.15) is 26.4 Å². The molecule has 1 fully saturated rings. The number of aromatic nitrogens is 2. The van der Waals surface area contributed by atoms with Crippen LogP contribution in [0, 0.1) is 0 Å². The van der Waals surface area contributed by atoms with Crippen LogP contribution in [0.3, 0.4) is 0 Å². The largest absolute Gasteiger partial charge is 0.417 e. The number of anilines is 2. The van der Waals surface area contributed by atoms with Crippen LogP contribution in [0.2, 0.25) is 5.02 Å². The van der Waals surface area contributed by atoms with Crippen molar-refractivity contribution in [2.75, 3.05) is 36.4 Å². The summed E-state index contributed by atoms with van der Waals surface area (Å²) in [6, 6.07) is 14.7. The smallest absolute Gasteiger partial charge is 0.352 e. The van der Waals surface area contributed by atoms with E-state index in [1.165, 1.54) is 29.2 Å². The van der Waals surface area contributed by atoms with Gasteiger partial charge in [0.05, 0.1) is 21.8 Å². The first-order valence-electron chi connectivity index (χ1n) is 10.3. The lowest BCUT2D eigenvalue weighted by atomic mass is 10.1. The van der Waals surface area contributed by atoms with E-state index in [0.29, 0.717) is 29.6 Å². The first-order chi connectivity index (χ1) is 16.2. The predicted octanol–water partition coefficient (Wildman–Crippen LogP) is 4.36. The summed E-state index contributed by atoms with van der Waals surface area (Å²) in [5.41, 5.74) is -0.759. The maximum Gasteiger partial charge on any atom is 0.417 e. The molecule has 2 amide bonds. The van der Waals surface area contributed by atoms with Crippen LogP contribution in [-0.2, 0) is 6.18 Å². The van der Waals surface area contributed by atoms with Gasteiger partial charge in [-0.1, -0.05) is 35.9 Å². The van der Waals surface area contributed by atoms with Gasteiger partial charge in [-0.3, -0.25) is 9.59 Å². The molecule has 2 aromatic carbocycles. The van der Waals surface area contributed by atoms with Crippen molar-refractivity contribution in [2.24, 2.45) is 0 Å². The molecule has 0 saturated carbocycles. The highest BCUT2D eigenvalue weighted by molar-refractivity contribution is 6.33. The van der Waals surface area contributed by atoms with Crippen LogP contribution < -0.4 is 10.2 Å². The van der Waals surface area contributed by atoms with E-state index in [0.717, 1.165) is 6.07 Å². The van der Waals surface area contributed by atoms with Crippen molar-refractivity contribution in [3.8, 4) is 0 Å². The highest BCUT2D eigenvalue weighted by Gasteiger charge is 2.36. The second-order valence-corrected chi connectivity index (χ2v) is 7.94. The zero-order chi connectivity index (χ0) is 24.3. The lowest BCUT2D eigenvalue weighted by Crippen LogP contribution is -2.49. The average Bonchev–Trinajstić information content (AvgIpc) is 2.84. The van der Waals surface area contributed by atoms with Crippen molar-refractivity contribution < 1.29 is 22.8 Å². The molecule has 0 atom stereocenters. The molecule has 7 nitrogen and oxygen atoms in total. The van der Waals surface area contributed by atoms with Gasteiger partial charge in [0.15, 0.2) is 11.5 Å². The monoisotopic (exact) mass is 489 g/mol. The summed E-state index contributed by atoms with van der Waals surface area (Å²) < 4.78 is 39.8. The van der Waals surface area contributed by atoms with Gasteiger partial charge >= 0.3 is 6.18 Å². The van der Waals surface area contributed by atoms with Crippen LogP contribution in [0.15, 0.2) is 60.7 Å². The van der Waals surface area contributed by atoms with E-state index in [1.807, 2.05) is 4.90 Å². The molecule has 2 heterocycles. The fraction of sp³-hybridized carbons (Fsp3) is 0.217. The molecular formula is C23H19ClF3N5O2. The second kappa shape index (κ2) is 9.68. The van der Waals surface area contributed by atoms with Gasteiger partial charge < -0.3 is 15.1 Å². The first-order valence-corrected chi connectivity index (χ1v) is 10.7. The molecule has 1 aromatic heterocycles. The number of hydrogen-bond donors (Lipinski definition) is 1. The Bertz CT molecular complexity index is 1200. The molecule has 3 aromatic rings. The molecule has 1 aliphatic heterocycles. The summed E-state index contributed by atoms with van der Waals surface area (Å²) in [4.78, 5) is 28.4. The van der Waals surface area contributed by atoms with Crippen molar-refractivity contribution >= 4 is 34.9 Å². The standard InChI is InChI=1S/C23H19ClF3N5O2/c24-17-7-3-4-8-18(17)28-21(33)19-9-10-20(30-29-19)31-11-13-32(14-12-31)22(34)15-5-1-2-6-16(15)23(25,26)27/h1-10H,11-14H2,(H,28,33). The number of amides is 2. The third-order valence-corrected chi connectivity index (χ3v) is 5.69. The number of nitrogens with zero attached hydrogens (tertiary/aromatic N) is 4. The van der Waals surface area contributed by atoms with Crippen molar-refractivity contribution in [1.82, 2.24) is 15.1 Å². The summed E-state index contributed by atoms with van der Waals surface area (Å²) in [7, 11) is 0. The topological polar surface area (TPSA) is 78.4 Å². The Morgan fingerprint density at radius 3 is 2.21 bits per heavy atom. The Hall–Kier alpha value is -3.66. The molecule has 176 valence electrons. The maximum atomic E-state index is 13.3. The number of benzene rings is 2. The molecule has 0 unspecified atom stereocenters. The minimum atomic E-state index is -4.61. The maximum absolute atomic E-state index is 13.3.